The Morgan fingerprint density at radius 2 is 1.27 bits per heavy atom. The molecule has 1 aliphatic heterocycles. The van der Waals surface area contributed by atoms with Crippen LogP contribution in [0.4, 0.5) is 17.1 Å². The Kier molecular flexibility index (Phi) is 6.37. The maximum absolute atomic E-state index is 6.70. The van der Waals surface area contributed by atoms with Gasteiger partial charge in [0.05, 0.1) is 5.69 Å². The summed E-state index contributed by atoms with van der Waals surface area (Å²) in [5.74, 6) is 0. The van der Waals surface area contributed by atoms with Gasteiger partial charge >= 0.3 is 0 Å². The maximum atomic E-state index is 6.70. The largest absolute Gasteiger partial charge is 0.454 e. The van der Waals surface area contributed by atoms with Crippen LogP contribution in [-0.4, -0.2) is 12.5 Å². The molecular formula is C48H33NOS2. The van der Waals surface area contributed by atoms with Crippen molar-refractivity contribution < 1.29 is 4.42 Å². The molecule has 1 aliphatic rings. The van der Waals surface area contributed by atoms with E-state index < -0.39 is 10.0 Å². The number of rotatable bonds is 4. The summed E-state index contributed by atoms with van der Waals surface area (Å²) in [6, 6.07) is 60.0. The van der Waals surface area contributed by atoms with Crippen LogP contribution in [0.5, 0.6) is 0 Å². The van der Waals surface area contributed by atoms with Crippen molar-refractivity contribution in [1.29, 1.82) is 0 Å². The molecule has 0 fully saturated rings. The van der Waals surface area contributed by atoms with Crippen LogP contribution in [0.1, 0.15) is 0 Å². The van der Waals surface area contributed by atoms with Crippen LogP contribution in [0.15, 0.2) is 178 Å². The van der Waals surface area contributed by atoms with Crippen LogP contribution in [0.3, 0.4) is 0 Å². The third-order valence-corrected chi connectivity index (χ3v) is 15.0. The molecule has 0 bridgehead atoms. The third-order valence-electron chi connectivity index (χ3n) is 10.9. The SMILES string of the molecule is CS1(C)c2cc(N(c3cccc(-c4ccc5ccccc5c4)c3)c3cccc4c3oc3ccccc34)ccc2-c2c1ccc1c2sc2ccccc21. The van der Waals surface area contributed by atoms with Crippen LogP contribution >= 0.6 is 21.4 Å². The summed E-state index contributed by atoms with van der Waals surface area (Å²) in [4.78, 5) is 5.31. The number of furan rings is 1. The molecule has 0 atom stereocenters. The Bertz CT molecular complexity index is 3080. The Morgan fingerprint density at radius 1 is 0.519 bits per heavy atom. The van der Waals surface area contributed by atoms with Crippen molar-refractivity contribution in [2.24, 2.45) is 0 Å². The highest BCUT2D eigenvalue weighted by atomic mass is 32.3. The van der Waals surface area contributed by atoms with Gasteiger partial charge < -0.3 is 9.32 Å². The van der Waals surface area contributed by atoms with Crippen molar-refractivity contribution in [2.45, 2.75) is 9.79 Å². The molecule has 2 aromatic heterocycles. The normalized spacial score (nSPS) is 14.0. The number of nitrogens with zero attached hydrogens (tertiary/aromatic N) is 1. The molecule has 3 heterocycles. The minimum Gasteiger partial charge on any atom is -0.454 e. The van der Waals surface area contributed by atoms with E-state index in [1.54, 1.807) is 0 Å². The maximum Gasteiger partial charge on any atom is 0.159 e. The van der Waals surface area contributed by atoms with E-state index in [9.17, 15) is 0 Å². The van der Waals surface area contributed by atoms with Gasteiger partial charge in [-0.1, -0.05) is 109 Å². The van der Waals surface area contributed by atoms with E-state index in [-0.39, 0.29) is 0 Å². The Labute approximate surface area is 307 Å². The first-order valence-electron chi connectivity index (χ1n) is 17.6. The summed E-state index contributed by atoms with van der Waals surface area (Å²) in [5.41, 5.74) is 10.2. The van der Waals surface area contributed by atoms with E-state index in [2.05, 4.69) is 175 Å². The van der Waals surface area contributed by atoms with Crippen LogP contribution in [0.25, 0.3) is 75.1 Å². The number of fused-ring (bicyclic) bond motifs is 11. The lowest BCUT2D eigenvalue weighted by Crippen LogP contribution is -2.11. The molecule has 52 heavy (non-hydrogen) atoms. The summed E-state index contributed by atoms with van der Waals surface area (Å²) in [7, 11) is -1.29. The van der Waals surface area contributed by atoms with E-state index in [0.717, 1.165) is 39.0 Å². The standard InChI is InChI=1S/C48H33NOS2/c1-52(2)44-26-25-39-37-16-6-8-20-43(37)51-48(39)46(44)40-24-23-35(29-45(40)52)49(41-18-10-17-38-36-15-5-7-19-42(36)50-47(38)41)34-14-9-13-32(28-34)33-22-21-30-11-3-4-12-31(30)27-33/h3-29H,1-2H3. The summed E-state index contributed by atoms with van der Waals surface area (Å²) in [6.07, 6.45) is 4.93. The number of para-hydroxylation sites is 2. The van der Waals surface area contributed by atoms with E-state index in [0.29, 0.717) is 0 Å². The zero-order valence-corrected chi connectivity index (χ0v) is 30.4. The second kappa shape index (κ2) is 11.1. The quantitative estimate of drug-likeness (QED) is 0.181. The average Bonchev–Trinajstić information content (AvgIpc) is 3.83. The van der Waals surface area contributed by atoms with Gasteiger partial charge in [-0.15, -0.1) is 11.3 Å². The van der Waals surface area contributed by atoms with Crippen LogP contribution in [-0.2, 0) is 0 Å². The fourth-order valence-corrected chi connectivity index (χ4v) is 12.2. The number of anilines is 3. The van der Waals surface area contributed by atoms with Crippen molar-refractivity contribution in [3.05, 3.63) is 164 Å². The third kappa shape index (κ3) is 4.32. The van der Waals surface area contributed by atoms with Crippen LogP contribution < -0.4 is 4.90 Å². The predicted molar refractivity (Wildman–Crippen MR) is 226 cm³/mol. The number of hydrogen-bond donors (Lipinski definition) is 0. The number of hydrogen-bond acceptors (Lipinski definition) is 3. The molecule has 0 N–H and O–H groups in total. The molecule has 11 rings (SSSR count). The lowest BCUT2D eigenvalue weighted by molar-refractivity contribution is 0.669. The van der Waals surface area contributed by atoms with Gasteiger partial charge in [-0.05, 0) is 94.6 Å². The minimum absolute atomic E-state index is 0.891. The molecule has 0 unspecified atom stereocenters. The molecular weight excluding hydrogens is 671 g/mol. The van der Waals surface area contributed by atoms with Gasteiger partial charge in [0.25, 0.3) is 0 Å². The fraction of sp³-hybridized carbons (Fsp3) is 0.0417. The first-order chi connectivity index (χ1) is 25.5. The lowest BCUT2D eigenvalue weighted by atomic mass is 10.00. The van der Waals surface area contributed by atoms with Gasteiger partial charge in [-0.2, -0.15) is 10.0 Å². The second-order valence-electron chi connectivity index (χ2n) is 14.1. The van der Waals surface area contributed by atoms with E-state index in [1.807, 2.05) is 17.4 Å². The van der Waals surface area contributed by atoms with Crippen molar-refractivity contribution in [3.8, 4) is 22.3 Å². The Morgan fingerprint density at radius 3 is 2.19 bits per heavy atom. The van der Waals surface area contributed by atoms with Crippen molar-refractivity contribution in [1.82, 2.24) is 0 Å². The topological polar surface area (TPSA) is 16.4 Å². The zero-order chi connectivity index (χ0) is 34.6. The average molecular weight is 704 g/mol. The molecule has 0 spiro atoms. The van der Waals surface area contributed by atoms with E-state index >= 15 is 0 Å². The highest BCUT2D eigenvalue weighted by Crippen LogP contribution is 2.69. The molecule has 248 valence electrons. The molecule has 0 amide bonds. The summed E-state index contributed by atoms with van der Waals surface area (Å²) < 4.78 is 9.44. The van der Waals surface area contributed by atoms with E-state index in [4.69, 9.17) is 4.42 Å². The fourth-order valence-electron chi connectivity index (χ4n) is 8.38. The molecule has 0 saturated heterocycles. The molecule has 0 aliphatic carbocycles. The van der Waals surface area contributed by atoms with Gasteiger partial charge in [0, 0.05) is 57.7 Å². The Balaban J connectivity index is 1.14. The second-order valence-corrected chi connectivity index (χ2v) is 18.7. The molecule has 0 radical (unpaired) electrons. The van der Waals surface area contributed by atoms with Gasteiger partial charge in [0.1, 0.15) is 5.58 Å². The molecule has 10 aromatic rings. The summed E-state index contributed by atoms with van der Waals surface area (Å²) in [5, 5.41) is 7.44. The molecule has 2 nitrogen and oxygen atoms in total. The summed E-state index contributed by atoms with van der Waals surface area (Å²) >= 11 is 1.93. The molecule has 0 saturated carbocycles. The van der Waals surface area contributed by atoms with Crippen molar-refractivity contribution >= 4 is 91.3 Å². The Hall–Kier alpha value is -5.81. The minimum atomic E-state index is -1.29. The first-order valence-corrected chi connectivity index (χ1v) is 20.9. The molecule has 8 aromatic carbocycles. The van der Waals surface area contributed by atoms with Gasteiger partial charge in [0.15, 0.2) is 5.58 Å². The highest BCUT2D eigenvalue weighted by molar-refractivity contribution is 8.33. The zero-order valence-electron chi connectivity index (χ0n) is 28.8. The smallest absolute Gasteiger partial charge is 0.159 e. The first kappa shape index (κ1) is 29.9. The van der Waals surface area contributed by atoms with Crippen molar-refractivity contribution in [3.63, 3.8) is 0 Å². The monoisotopic (exact) mass is 703 g/mol. The van der Waals surface area contributed by atoms with Crippen LogP contribution in [0, 0.1) is 0 Å². The number of benzene rings is 8. The predicted octanol–water partition coefficient (Wildman–Crippen LogP) is 14.7. The van der Waals surface area contributed by atoms with Crippen molar-refractivity contribution in [2.75, 3.05) is 17.4 Å². The van der Waals surface area contributed by atoms with Gasteiger partial charge in [-0.25, -0.2) is 0 Å². The van der Waals surface area contributed by atoms with Gasteiger partial charge in [-0.3, -0.25) is 0 Å². The van der Waals surface area contributed by atoms with Crippen LogP contribution in [0.2, 0.25) is 0 Å². The lowest BCUT2D eigenvalue weighted by Gasteiger charge is -2.31. The van der Waals surface area contributed by atoms with Gasteiger partial charge in [0.2, 0.25) is 0 Å². The summed E-state index contributed by atoms with van der Waals surface area (Å²) in [6.45, 7) is 0. The highest BCUT2D eigenvalue weighted by Gasteiger charge is 2.35. The molecule has 4 heteroatoms. The van der Waals surface area contributed by atoms with E-state index in [1.165, 1.54) is 63.0 Å². The number of thiophene rings is 1.